The molecule has 0 spiro atoms. The molecule has 1 aliphatic rings. The second-order valence-electron chi connectivity index (χ2n) is 6.90. The van der Waals surface area contributed by atoms with Crippen molar-refractivity contribution in [1.29, 1.82) is 0 Å². The van der Waals surface area contributed by atoms with Gasteiger partial charge in [-0.1, -0.05) is 42.0 Å². The first-order valence-corrected chi connectivity index (χ1v) is 8.82. The van der Waals surface area contributed by atoms with Gasteiger partial charge in [0.25, 0.3) is 11.8 Å². The van der Waals surface area contributed by atoms with Crippen molar-refractivity contribution in [2.24, 2.45) is 5.16 Å². The van der Waals surface area contributed by atoms with Gasteiger partial charge in [-0.2, -0.15) is 0 Å². The van der Waals surface area contributed by atoms with Crippen LogP contribution < -0.4 is 0 Å². The zero-order valence-corrected chi connectivity index (χ0v) is 15.4. The van der Waals surface area contributed by atoms with Crippen LogP contribution in [0.15, 0.2) is 65.8 Å². The van der Waals surface area contributed by atoms with Crippen LogP contribution in [-0.4, -0.2) is 28.1 Å². The fourth-order valence-electron chi connectivity index (χ4n) is 3.44. The fraction of sp³-hybridized carbons (Fsp3) is 0.227. The van der Waals surface area contributed by atoms with Crippen LogP contribution in [0.5, 0.6) is 0 Å². The minimum Gasteiger partial charge on any atom is -0.411 e. The van der Waals surface area contributed by atoms with E-state index < -0.39 is 0 Å². The van der Waals surface area contributed by atoms with Crippen LogP contribution in [0.3, 0.4) is 0 Å². The number of amides is 2. The Morgan fingerprint density at radius 3 is 2.07 bits per heavy atom. The van der Waals surface area contributed by atoms with Gasteiger partial charge in [-0.25, -0.2) is 0 Å². The topological polar surface area (TPSA) is 70.0 Å². The molecule has 0 aromatic heterocycles. The van der Waals surface area contributed by atoms with Crippen molar-refractivity contribution in [2.75, 3.05) is 0 Å². The molecule has 1 heterocycles. The summed E-state index contributed by atoms with van der Waals surface area (Å²) >= 11 is 0. The van der Waals surface area contributed by atoms with Gasteiger partial charge in [0.15, 0.2) is 0 Å². The number of hydrogen-bond donors (Lipinski definition) is 1. The molecule has 138 valence electrons. The highest BCUT2D eigenvalue weighted by molar-refractivity contribution is 6.21. The van der Waals surface area contributed by atoms with Gasteiger partial charge in [-0.05, 0) is 43.5 Å². The van der Waals surface area contributed by atoms with Crippen molar-refractivity contribution in [1.82, 2.24) is 4.90 Å². The van der Waals surface area contributed by atoms with E-state index in [0.29, 0.717) is 17.5 Å². The van der Waals surface area contributed by atoms with E-state index in [2.05, 4.69) is 11.7 Å². The van der Waals surface area contributed by atoms with Crippen molar-refractivity contribution >= 4 is 18.0 Å². The summed E-state index contributed by atoms with van der Waals surface area (Å²) in [7, 11) is 0. The minimum atomic E-state index is -0.377. The largest absolute Gasteiger partial charge is 0.411 e. The maximum absolute atomic E-state index is 12.7. The van der Waals surface area contributed by atoms with Crippen molar-refractivity contribution in [3.8, 4) is 0 Å². The number of carbonyl (C=O) groups is 2. The molecule has 2 atom stereocenters. The van der Waals surface area contributed by atoms with Crippen LogP contribution in [0.2, 0.25) is 0 Å². The molecule has 1 N–H and O–H groups in total. The van der Waals surface area contributed by atoms with Gasteiger partial charge in [0.05, 0.1) is 23.4 Å². The Morgan fingerprint density at radius 2 is 1.59 bits per heavy atom. The predicted octanol–water partition coefficient (Wildman–Crippen LogP) is 4.55. The van der Waals surface area contributed by atoms with E-state index in [9.17, 15) is 9.59 Å². The summed E-state index contributed by atoms with van der Waals surface area (Å²) < 4.78 is 0. The summed E-state index contributed by atoms with van der Waals surface area (Å²) in [5.74, 6) is -0.601. The summed E-state index contributed by atoms with van der Waals surface area (Å²) in [6.45, 7) is 7.68. The van der Waals surface area contributed by atoms with Gasteiger partial charge < -0.3 is 5.21 Å². The Labute approximate surface area is 158 Å². The quantitative estimate of drug-likeness (QED) is 0.269. The number of fused-ring (bicyclic) bond motifs is 1. The van der Waals surface area contributed by atoms with Crippen LogP contribution >= 0.6 is 0 Å². The Balaban J connectivity index is 1.84. The van der Waals surface area contributed by atoms with E-state index >= 15 is 0 Å². The van der Waals surface area contributed by atoms with Gasteiger partial charge in [0.1, 0.15) is 0 Å². The standard InChI is InChI=1S/C22H22N2O3/c1-14(2)12-18(13-23-27)17-10-8-16(9-11-17)15(3)24-21(25)19-6-4-5-7-20(19)22(24)26/h4-11,13,15,18,27H,1,12H2,2-3H3/b23-13-. The molecule has 27 heavy (non-hydrogen) atoms. The first kappa shape index (κ1) is 18.6. The predicted molar refractivity (Wildman–Crippen MR) is 104 cm³/mol. The number of oxime groups is 1. The minimum absolute atomic E-state index is 0.0730. The highest BCUT2D eigenvalue weighted by atomic mass is 16.4. The summed E-state index contributed by atoms with van der Waals surface area (Å²) in [5.41, 5.74) is 3.74. The molecule has 0 bridgehead atoms. The van der Waals surface area contributed by atoms with Crippen molar-refractivity contribution in [3.05, 3.63) is 82.9 Å². The number of carbonyl (C=O) groups excluding carboxylic acids is 2. The van der Waals surface area contributed by atoms with Gasteiger partial charge in [-0.3, -0.25) is 14.5 Å². The molecule has 0 fully saturated rings. The fourth-order valence-corrected chi connectivity index (χ4v) is 3.44. The average Bonchev–Trinajstić information content (AvgIpc) is 2.92. The molecule has 0 radical (unpaired) electrons. The summed E-state index contributed by atoms with van der Waals surface area (Å²) in [6, 6.07) is 14.2. The number of rotatable bonds is 6. The number of benzene rings is 2. The smallest absolute Gasteiger partial charge is 0.262 e. The summed E-state index contributed by atoms with van der Waals surface area (Å²) in [6.07, 6.45) is 2.16. The monoisotopic (exact) mass is 362 g/mol. The highest BCUT2D eigenvalue weighted by Crippen LogP contribution is 2.32. The zero-order valence-electron chi connectivity index (χ0n) is 15.4. The maximum Gasteiger partial charge on any atom is 0.262 e. The molecular weight excluding hydrogens is 340 g/mol. The van der Waals surface area contributed by atoms with E-state index in [1.165, 1.54) is 11.1 Å². The second kappa shape index (κ2) is 7.58. The molecule has 0 aliphatic carbocycles. The first-order valence-electron chi connectivity index (χ1n) is 8.82. The van der Waals surface area contributed by atoms with Crippen LogP contribution in [0.1, 0.15) is 64.1 Å². The van der Waals surface area contributed by atoms with Crippen LogP contribution in [0.25, 0.3) is 0 Å². The third kappa shape index (κ3) is 3.53. The third-order valence-corrected chi connectivity index (χ3v) is 4.87. The van der Waals surface area contributed by atoms with Gasteiger partial charge >= 0.3 is 0 Å². The summed E-state index contributed by atoms with van der Waals surface area (Å²) in [5, 5.41) is 12.1. The SMILES string of the molecule is C=C(C)CC(/C=N\O)c1ccc(C(C)N2C(=O)c3ccccc3C2=O)cc1. The molecule has 2 amide bonds. The molecule has 2 aromatic carbocycles. The van der Waals surface area contributed by atoms with Gasteiger partial charge in [0.2, 0.25) is 0 Å². The Hall–Kier alpha value is -3.21. The van der Waals surface area contributed by atoms with E-state index in [-0.39, 0.29) is 23.8 Å². The molecule has 5 heteroatoms. The van der Waals surface area contributed by atoms with Gasteiger partial charge in [0, 0.05) is 5.92 Å². The van der Waals surface area contributed by atoms with E-state index in [1.54, 1.807) is 24.3 Å². The Bertz CT molecular complexity index is 880. The van der Waals surface area contributed by atoms with Crippen LogP contribution in [-0.2, 0) is 0 Å². The number of imide groups is 1. The lowest BCUT2D eigenvalue weighted by Crippen LogP contribution is -2.32. The van der Waals surface area contributed by atoms with E-state index in [4.69, 9.17) is 5.21 Å². The number of hydrogen-bond acceptors (Lipinski definition) is 4. The maximum atomic E-state index is 12.7. The third-order valence-electron chi connectivity index (χ3n) is 4.87. The molecule has 2 aromatic rings. The molecule has 5 nitrogen and oxygen atoms in total. The molecule has 0 saturated carbocycles. The van der Waals surface area contributed by atoms with Crippen molar-refractivity contribution in [2.45, 2.75) is 32.2 Å². The second-order valence-corrected chi connectivity index (χ2v) is 6.90. The van der Waals surface area contributed by atoms with Crippen molar-refractivity contribution < 1.29 is 14.8 Å². The van der Waals surface area contributed by atoms with Crippen LogP contribution in [0.4, 0.5) is 0 Å². The van der Waals surface area contributed by atoms with Crippen molar-refractivity contribution in [3.63, 3.8) is 0 Å². The Kier molecular flexibility index (Phi) is 5.21. The van der Waals surface area contributed by atoms with Gasteiger partial charge in [-0.15, -0.1) is 11.7 Å². The Morgan fingerprint density at radius 1 is 1.07 bits per heavy atom. The molecule has 0 saturated heterocycles. The van der Waals surface area contributed by atoms with Crippen LogP contribution in [0, 0.1) is 0 Å². The molecular formula is C22H22N2O3. The average molecular weight is 362 g/mol. The normalized spacial score (nSPS) is 15.9. The van der Waals surface area contributed by atoms with E-state index in [1.807, 2.05) is 38.1 Å². The number of allylic oxidation sites excluding steroid dienone is 1. The lowest BCUT2D eigenvalue weighted by Gasteiger charge is -2.23. The lowest BCUT2D eigenvalue weighted by atomic mass is 9.92. The molecule has 3 rings (SSSR count). The van der Waals surface area contributed by atoms with E-state index in [0.717, 1.165) is 16.7 Å². The highest BCUT2D eigenvalue weighted by Gasteiger charge is 2.38. The number of nitrogens with zero attached hydrogens (tertiary/aromatic N) is 2. The summed E-state index contributed by atoms with van der Waals surface area (Å²) in [4.78, 5) is 26.6. The lowest BCUT2D eigenvalue weighted by molar-refractivity contribution is 0.0595. The first-order chi connectivity index (χ1) is 12.9. The zero-order chi connectivity index (χ0) is 19.6. The molecule has 2 unspecified atom stereocenters. The molecule has 1 aliphatic heterocycles.